The molecule has 27 heavy (non-hydrogen) atoms. The molecular formula is C16H17BrCl2F3N3OS. The minimum absolute atomic E-state index is 0. The highest BCUT2D eigenvalue weighted by atomic mass is 79.9. The molecule has 0 unspecified atom stereocenters. The molecule has 0 amide bonds. The average Bonchev–Trinajstić information content (AvgIpc) is 2.54. The van der Waals surface area contributed by atoms with Gasteiger partial charge in [-0.25, -0.2) is 4.99 Å². The predicted molar refractivity (Wildman–Crippen MR) is 112 cm³/mol. The van der Waals surface area contributed by atoms with E-state index in [4.69, 9.17) is 10.5 Å². The number of nitrogens with two attached hydrogens (primary N) is 1. The normalized spacial score (nSPS) is 11.4. The van der Waals surface area contributed by atoms with E-state index in [0.29, 0.717) is 27.9 Å². The van der Waals surface area contributed by atoms with Crippen LogP contribution in [0.1, 0.15) is 11.3 Å². The van der Waals surface area contributed by atoms with Gasteiger partial charge in [-0.3, -0.25) is 4.98 Å². The molecule has 2 N–H and O–H groups in total. The van der Waals surface area contributed by atoms with Gasteiger partial charge in [0.25, 0.3) is 0 Å². The number of aromatic nitrogens is 1. The summed E-state index contributed by atoms with van der Waals surface area (Å²) in [5.41, 5.74) is 7.75. The minimum atomic E-state index is -4.38. The Bertz CT molecular complexity index is 779. The van der Waals surface area contributed by atoms with E-state index in [-0.39, 0.29) is 30.6 Å². The van der Waals surface area contributed by atoms with Crippen molar-refractivity contribution in [1.82, 2.24) is 4.98 Å². The molecule has 0 bridgehead atoms. The SMILES string of the molecule is Cc1c(OCC(F)(F)F)ccnc1CSC(N)=Nc1ccccc1Br.Cl.Cl. The number of amidine groups is 1. The molecule has 0 fully saturated rings. The second kappa shape index (κ2) is 11.6. The maximum atomic E-state index is 12.3. The Balaban J connectivity index is 0.00000338. The number of nitrogens with zero attached hydrogens (tertiary/aromatic N) is 2. The predicted octanol–water partition coefficient (Wildman–Crippen LogP) is 5.82. The van der Waals surface area contributed by atoms with Crippen molar-refractivity contribution in [2.75, 3.05) is 6.61 Å². The number of para-hydroxylation sites is 1. The van der Waals surface area contributed by atoms with Crippen LogP contribution in [0.5, 0.6) is 5.75 Å². The van der Waals surface area contributed by atoms with Gasteiger partial charge in [-0.1, -0.05) is 23.9 Å². The summed E-state index contributed by atoms with van der Waals surface area (Å²) in [5, 5.41) is 0.328. The van der Waals surface area contributed by atoms with Crippen molar-refractivity contribution < 1.29 is 17.9 Å². The van der Waals surface area contributed by atoms with Gasteiger partial charge in [0.05, 0.1) is 11.4 Å². The van der Waals surface area contributed by atoms with Crippen LogP contribution in [0.25, 0.3) is 0 Å². The second-order valence-electron chi connectivity index (χ2n) is 4.97. The lowest BCUT2D eigenvalue weighted by atomic mass is 10.2. The van der Waals surface area contributed by atoms with Crippen molar-refractivity contribution in [1.29, 1.82) is 0 Å². The van der Waals surface area contributed by atoms with E-state index >= 15 is 0 Å². The molecule has 0 spiro atoms. The van der Waals surface area contributed by atoms with Gasteiger partial charge >= 0.3 is 6.18 Å². The van der Waals surface area contributed by atoms with E-state index in [1.165, 1.54) is 24.0 Å². The Morgan fingerprint density at radius 3 is 2.56 bits per heavy atom. The zero-order valence-corrected chi connectivity index (χ0v) is 18.0. The van der Waals surface area contributed by atoms with Crippen LogP contribution in [0.3, 0.4) is 0 Å². The molecule has 0 aliphatic carbocycles. The summed E-state index contributed by atoms with van der Waals surface area (Å²) in [6, 6.07) is 8.78. The van der Waals surface area contributed by atoms with Crippen LogP contribution in [0.2, 0.25) is 0 Å². The van der Waals surface area contributed by atoms with Crippen LogP contribution in [-0.4, -0.2) is 22.9 Å². The summed E-state index contributed by atoms with van der Waals surface area (Å²) < 4.78 is 42.5. The number of hydrogen-bond acceptors (Lipinski definition) is 4. The molecule has 0 saturated heterocycles. The first-order valence-corrected chi connectivity index (χ1v) is 8.89. The lowest BCUT2D eigenvalue weighted by Gasteiger charge is -2.13. The molecule has 11 heteroatoms. The van der Waals surface area contributed by atoms with Crippen molar-refractivity contribution in [3.8, 4) is 5.75 Å². The third kappa shape index (κ3) is 8.59. The highest BCUT2D eigenvalue weighted by Gasteiger charge is 2.28. The fourth-order valence-corrected chi connectivity index (χ4v) is 2.97. The first kappa shape index (κ1) is 25.8. The summed E-state index contributed by atoms with van der Waals surface area (Å²) in [6.45, 7) is 0.325. The molecule has 2 aromatic rings. The number of pyridine rings is 1. The Morgan fingerprint density at radius 2 is 1.93 bits per heavy atom. The van der Waals surface area contributed by atoms with Crippen LogP contribution in [-0.2, 0) is 5.75 Å². The molecule has 0 atom stereocenters. The lowest BCUT2D eigenvalue weighted by Crippen LogP contribution is -2.19. The van der Waals surface area contributed by atoms with Crippen LogP contribution in [0.4, 0.5) is 18.9 Å². The Morgan fingerprint density at radius 1 is 1.26 bits per heavy atom. The maximum Gasteiger partial charge on any atom is 0.422 e. The summed E-state index contributed by atoms with van der Waals surface area (Å²) in [5.74, 6) is 0.527. The van der Waals surface area contributed by atoms with Gasteiger partial charge < -0.3 is 10.5 Å². The first-order chi connectivity index (χ1) is 11.8. The number of alkyl halides is 3. The van der Waals surface area contributed by atoms with Gasteiger partial charge in [-0.05, 0) is 41.1 Å². The van der Waals surface area contributed by atoms with Gasteiger partial charge in [-0.2, -0.15) is 13.2 Å². The van der Waals surface area contributed by atoms with Crippen molar-refractivity contribution in [2.45, 2.75) is 18.9 Å². The second-order valence-corrected chi connectivity index (χ2v) is 6.82. The number of hydrogen-bond donors (Lipinski definition) is 1. The zero-order valence-electron chi connectivity index (χ0n) is 14.0. The number of rotatable bonds is 5. The standard InChI is InChI=1S/C16H15BrF3N3OS.2ClH/c1-10-13(22-7-6-14(10)24-9-16(18,19)20)8-25-15(21)23-12-5-3-2-4-11(12)17;;/h2-7H,8-9H2,1H3,(H2,21,23);2*1H. The molecule has 0 radical (unpaired) electrons. The molecule has 4 nitrogen and oxygen atoms in total. The van der Waals surface area contributed by atoms with E-state index in [0.717, 1.165) is 4.47 Å². The largest absolute Gasteiger partial charge is 0.484 e. The molecule has 2 rings (SSSR count). The summed E-state index contributed by atoms with van der Waals surface area (Å²) in [7, 11) is 0. The van der Waals surface area contributed by atoms with Crippen molar-refractivity contribution >= 4 is 63.4 Å². The van der Waals surface area contributed by atoms with Gasteiger partial charge in [0.1, 0.15) is 5.75 Å². The van der Waals surface area contributed by atoms with Crippen molar-refractivity contribution in [3.05, 3.63) is 52.3 Å². The maximum absolute atomic E-state index is 12.3. The zero-order chi connectivity index (χ0) is 18.4. The van der Waals surface area contributed by atoms with Gasteiger partial charge in [0, 0.05) is 22.0 Å². The highest BCUT2D eigenvalue weighted by molar-refractivity contribution is 9.10. The smallest absolute Gasteiger partial charge is 0.422 e. The van der Waals surface area contributed by atoms with Gasteiger partial charge in [0.15, 0.2) is 11.8 Å². The molecule has 150 valence electrons. The number of thioether (sulfide) groups is 1. The van der Waals surface area contributed by atoms with E-state index in [2.05, 4.69) is 25.9 Å². The van der Waals surface area contributed by atoms with Gasteiger partial charge in [-0.15, -0.1) is 24.8 Å². The van der Waals surface area contributed by atoms with Crippen LogP contribution >= 0.6 is 52.5 Å². The van der Waals surface area contributed by atoms with Crippen LogP contribution < -0.4 is 10.5 Å². The summed E-state index contributed by atoms with van der Waals surface area (Å²) >= 11 is 4.63. The quantitative estimate of drug-likeness (QED) is 0.410. The van der Waals surface area contributed by atoms with E-state index in [1.54, 1.807) is 6.92 Å². The molecule has 0 aliphatic heterocycles. The Hall–Kier alpha value is -1.16. The third-order valence-electron chi connectivity index (χ3n) is 3.09. The van der Waals surface area contributed by atoms with E-state index in [9.17, 15) is 13.2 Å². The number of ether oxygens (including phenoxy) is 1. The molecule has 1 aromatic carbocycles. The van der Waals surface area contributed by atoms with Crippen LogP contribution in [0, 0.1) is 6.92 Å². The van der Waals surface area contributed by atoms with Crippen molar-refractivity contribution in [3.63, 3.8) is 0 Å². The monoisotopic (exact) mass is 505 g/mol. The molecular weight excluding hydrogens is 490 g/mol. The molecule has 0 aliphatic rings. The average molecular weight is 507 g/mol. The van der Waals surface area contributed by atoms with E-state index < -0.39 is 12.8 Å². The topological polar surface area (TPSA) is 60.5 Å². The first-order valence-electron chi connectivity index (χ1n) is 7.12. The lowest BCUT2D eigenvalue weighted by molar-refractivity contribution is -0.153. The molecule has 0 saturated carbocycles. The Kier molecular flexibility index (Phi) is 11.1. The van der Waals surface area contributed by atoms with E-state index in [1.807, 2.05) is 24.3 Å². The van der Waals surface area contributed by atoms with Crippen molar-refractivity contribution in [2.24, 2.45) is 10.7 Å². The Labute approximate surface area is 180 Å². The number of aliphatic imine (C=N–C) groups is 1. The fourth-order valence-electron chi connectivity index (χ4n) is 1.86. The third-order valence-corrected chi connectivity index (χ3v) is 4.57. The molecule has 1 heterocycles. The van der Waals surface area contributed by atoms with Gasteiger partial charge in [0.2, 0.25) is 0 Å². The summed E-state index contributed by atoms with van der Waals surface area (Å²) in [4.78, 5) is 8.48. The molecule has 1 aromatic heterocycles. The highest BCUT2D eigenvalue weighted by Crippen LogP contribution is 2.27. The van der Waals surface area contributed by atoms with Crippen LogP contribution in [0.15, 0.2) is 46.0 Å². The fraction of sp³-hybridized carbons (Fsp3) is 0.250. The number of halogens is 6. The minimum Gasteiger partial charge on any atom is -0.484 e. The number of benzene rings is 1. The summed E-state index contributed by atoms with van der Waals surface area (Å²) in [6.07, 6.45) is -2.97.